The summed E-state index contributed by atoms with van der Waals surface area (Å²) in [5, 5.41) is 4.54. The molecule has 0 unspecified atom stereocenters. The van der Waals surface area contributed by atoms with E-state index in [-0.39, 0.29) is 11.7 Å². The Hall–Kier alpha value is -3.28. The molecule has 0 aliphatic carbocycles. The largest absolute Gasteiger partial charge is 0.491 e. The lowest BCUT2D eigenvalue weighted by Crippen LogP contribution is -2.46. The van der Waals surface area contributed by atoms with Crippen LogP contribution in [-0.4, -0.2) is 38.9 Å². The summed E-state index contributed by atoms with van der Waals surface area (Å²) in [6, 6.07) is 10.3. The van der Waals surface area contributed by atoms with E-state index in [4.69, 9.17) is 9.47 Å². The van der Waals surface area contributed by atoms with Gasteiger partial charge in [-0.05, 0) is 62.2 Å². The molecule has 2 aliphatic heterocycles. The molecule has 6 heteroatoms. The molecule has 0 N–H and O–H groups in total. The van der Waals surface area contributed by atoms with Crippen molar-refractivity contribution in [2.75, 3.05) is 13.1 Å². The molecule has 0 amide bonds. The average Bonchev–Trinajstić information content (AvgIpc) is 3.18. The number of likely N-dealkylation sites (tertiary alicyclic amines) is 1. The number of fused-ring (bicyclic) bond motifs is 4. The molecule has 1 fully saturated rings. The summed E-state index contributed by atoms with van der Waals surface area (Å²) >= 11 is 0. The Bertz CT molecular complexity index is 1170. The number of pyridine rings is 1. The zero-order valence-corrected chi connectivity index (χ0v) is 19.3. The van der Waals surface area contributed by atoms with Crippen molar-refractivity contribution in [3.8, 4) is 22.9 Å². The minimum Gasteiger partial charge on any atom is -0.491 e. The monoisotopic (exact) mass is 430 g/mol. The summed E-state index contributed by atoms with van der Waals surface area (Å²) in [4.78, 5) is 6.93. The Morgan fingerprint density at radius 2 is 2.00 bits per heavy atom. The summed E-state index contributed by atoms with van der Waals surface area (Å²) < 4.78 is 14.4. The molecule has 1 saturated heterocycles. The molecule has 5 rings (SSSR count). The van der Waals surface area contributed by atoms with Gasteiger partial charge in [0.1, 0.15) is 22.8 Å². The van der Waals surface area contributed by atoms with Crippen LogP contribution in [0.4, 0.5) is 0 Å². The van der Waals surface area contributed by atoms with Crippen LogP contribution in [-0.2, 0) is 12.6 Å². The Morgan fingerprint density at radius 3 is 2.72 bits per heavy atom. The number of aromatic nitrogens is 3. The predicted molar refractivity (Wildman–Crippen MR) is 126 cm³/mol. The third kappa shape index (κ3) is 3.34. The maximum Gasteiger partial charge on any atom is 0.148 e. The molecule has 3 aromatic rings. The number of piperidine rings is 1. The van der Waals surface area contributed by atoms with Gasteiger partial charge >= 0.3 is 0 Å². The average molecular weight is 431 g/mol. The number of rotatable bonds is 4. The molecule has 1 aromatic carbocycles. The maximum atomic E-state index is 6.62. The quantitative estimate of drug-likeness (QED) is 0.587. The fourth-order valence-electron chi connectivity index (χ4n) is 4.87. The highest BCUT2D eigenvalue weighted by Gasteiger charge is 2.45. The Labute approximate surface area is 189 Å². The highest BCUT2D eigenvalue weighted by atomic mass is 16.5. The van der Waals surface area contributed by atoms with Crippen molar-refractivity contribution < 1.29 is 9.47 Å². The lowest BCUT2D eigenvalue weighted by Gasteiger charge is -2.45. The first-order valence-corrected chi connectivity index (χ1v) is 11.3. The Kier molecular flexibility index (Phi) is 4.96. The molecule has 32 heavy (non-hydrogen) atoms. The molecular formula is C26H30N4O2. The van der Waals surface area contributed by atoms with Gasteiger partial charge in [-0.3, -0.25) is 9.67 Å². The second-order valence-electron chi connectivity index (χ2n) is 9.06. The first-order chi connectivity index (χ1) is 15.4. The van der Waals surface area contributed by atoms with Gasteiger partial charge in [-0.2, -0.15) is 5.10 Å². The summed E-state index contributed by atoms with van der Waals surface area (Å²) in [6.07, 6.45) is 5.66. The van der Waals surface area contributed by atoms with Gasteiger partial charge in [-0.1, -0.05) is 6.58 Å². The van der Waals surface area contributed by atoms with E-state index in [0.29, 0.717) is 0 Å². The zero-order chi connectivity index (χ0) is 22.5. The van der Waals surface area contributed by atoms with Crippen LogP contribution < -0.4 is 9.47 Å². The first kappa shape index (κ1) is 20.6. The minimum absolute atomic E-state index is 0.161. The van der Waals surface area contributed by atoms with Crippen LogP contribution in [0.15, 0.2) is 49.3 Å². The van der Waals surface area contributed by atoms with Crippen molar-refractivity contribution >= 4 is 5.70 Å². The SMILES string of the molecule is C=C(c1ccc(OC(C)C)c(C)c1)N1CCC2(CC1)Oc1cccnc1-c1c2cnn1C. The molecule has 6 nitrogen and oxygen atoms in total. The van der Waals surface area contributed by atoms with Gasteiger partial charge in [-0.25, -0.2) is 0 Å². The number of benzene rings is 1. The molecule has 166 valence electrons. The number of ether oxygens (including phenoxy) is 2. The van der Waals surface area contributed by atoms with Gasteiger partial charge in [-0.15, -0.1) is 0 Å². The van der Waals surface area contributed by atoms with E-state index in [2.05, 4.69) is 46.7 Å². The summed E-state index contributed by atoms with van der Waals surface area (Å²) in [7, 11) is 1.97. The second kappa shape index (κ2) is 7.69. The zero-order valence-electron chi connectivity index (χ0n) is 19.3. The van der Waals surface area contributed by atoms with E-state index < -0.39 is 0 Å². The minimum atomic E-state index is -0.374. The molecule has 4 heterocycles. The summed E-state index contributed by atoms with van der Waals surface area (Å²) in [5.74, 6) is 1.77. The maximum absolute atomic E-state index is 6.62. The third-order valence-corrected chi connectivity index (χ3v) is 6.55. The molecule has 1 spiro atoms. The highest BCUT2D eigenvalue weighted by molar-refractivity contribution is 5.70. The molecule has 0 saturated carbocycles. The molecule has 0 atom stereocenters. The van der Waals surface area contributed by atoms with Crippen LogP contribution in [0.2, 0.25) is 0 Å². The van der Waals surface area contributed by atoms with Crippen LogP contribution in [0.5, 0.6) is 11.5 Å². The van der Waals surface area contributed by atoms with Gasteiger partial charge in [0.25, 0.3) is 0 Å². The van der Waals surface area contributed by atoms with E-state index in [1.54, 1.807) is 0 Å². The van der Waals surface area contributed by atoms with Crippen molar-refractivity contribution in [1.29, 1.82) is 0 Å². The summed E-state index contributed by atoms with van der Waals surface area (Å²) in [5.41, 5.74) is 6.02. The van der Waals surface area contributed by atoms with Gasteiger partial charge in [0, 0.05) is 50.4 Å². The Balaban J connectivity index is 1.36. The van der Waals surface area contributed by atoms with E-state index >= 15 is 0 Å². The van der Waals surface area contributed by atoms with Crippen molar-refractivity contribution in [2.45, 2.75) is 45.3 Å². The standard InChI is InChI=1S/C26H30N4O2/c1-17(2)31-22-9-8-20(15-18(22)3)19(4)30-13-10-26(11-14-30)21-16-28-29(5)25(21)24-23(32-26)7-6-12-27-24/h6-9,12,15-17H,4,10-11,13-14H2,1-3,5H3. The van der Waals surface area contributed by atoms with Crippen LogP contribution in [0.3, 0.4) is 0 Å². The number of nitrogens with zero attached hydrogens (tertiary/aromatic N) is 4. The lowest BCUT2D eigenvalue weighted by molar-refractivity contribution is 0.00835. The predicted octanol–water partition coefficient (Wildman–Crippen LogP) is 4.93. The van der Waals surface area contributed by atoms with E-state index in [1.165, 1.54) is 0 Å². The number of aryl methyl sites for hydroxylation is 2. The van der Waals surface area contributed by atoms with Crippen LogP contribution >= 0.6 is 0 Å². The van der Waals surface area contributed by atoms with Gasteiger partial charge in [0.2, 0.25) is 0 Å². The smallest absolute Gasteiger partial charge is 0.148 e. The van der Waals surface area contributed by atoms with Gasteiger partial charge < -0.3 is 14.4 Å². The lowest BCUT2D eigenvalue weighted by atomic mass is 9.81. The van der Waals surface area contributed by atoms with E-state index in [9.17, 15) is 0 Å². The molecule has 2 aliphatic rings. The highest BCUT2D eigenvalue weighted by Crippen LogP contribution is 2.49. The first-order valence-electron chi connectivity index (χ1n) is 11.3. The number of hydrogen-bond acceptors (Lipinski definition) is 5. The topological polar surface area (TPSA) is 52.4 Å². The van der Waals surface area contributed by atoms with Crippen molar-refractivity contribution in [2.24, 2.45) is 7.05 Å². The van der Waals surface area contributed by atoms with Crippen molar-refractivity contribution in [3.05, 3.63) is 66.0 Å². The van der Waals surface area contributed by atoms with Crippen LogP contribution in [0.25, 0.3) is 17.1 Å². The summed E-state index contributed by atoms with van der Waals surface area (Å²) in [6.45, 7) is 12.3. The van der Waals surface area contributed by atoms with Crippen molar-refractivity contribution in [1.82, 2.24) is 19.7 Å². The van der Waals surface area contributed by atoms with Crippen LogP contribution in [0.1, 0.15) is 43.4 Å². The Morgan fingerprint density at radius 1 is 1.22 bits per heavy atom. The molecule has 0 bridgehead atoms. The van der Waals surface area contributed by atoms with E-state index in [1.807, 2.05) is 50.1 Å². The molecule has 0 radical (unpaired) electrons. The fourth-order valence-corrected chi connectivity index (χ4v) is 4.87. The van der Waals surface area contributed by atoms with Gasteiger partial charge in [0.05, 0.1) is 18.0 Å². The fraction of sp³-hybridized carbons (Fsp3) is 0.385. The van der Waals surface area contributed by atoms with E-state index in [0.717, 1.165) is 71.2 Å². The van der Waals surface area contributed by atoms with Crippen LogP contribution in [0, 0.1) is 6.92 Å². The molecular weight excluding hydrogens is 400 g/mol. The second-order valence-corrected chi connectivity index (χ2v) is 9.06. The van der Waals surface area contributed by atoms with Gasteiger partial charge in [0.15, 0.2) is 0 Å². The van der Waals surface area contributed by atoms with Crippen molar-refractivity contribution in [3.63, 3.8) is 0 Å². The number of hydrogen-bond donors (Lipinski definition) is 0. The normalized spacial score (nSPS) is 16.5. The molecule has 2 aromatic heterocycles. The third-order valence-electron chi connectivity index (χ3n) is 6.55.